The molecule has 12 nitrogen and oxygen atoms in total. The summed E-state index contributed by atoms with van der Waals surface area (Å²) in [5.74, 6) is -3.00. The summed E-state index contributed by atoms with van der Waals surface area (Å²) in [4.78, 5) is 61.6. The minimum atomic E-state index is -1.28. The molecular formula is C35H46N4O8. The van der Waals surface area contributed by atoms with Crippen molar-refractivity contribution in [1.29, 1.82) is 0 Å². The Morgan fingerprint density at radius 3 is 2.53 bits per heavy atom. The van der Waals surface area contributed by atoms with E-state index in [1.165, 1.54) is 0 Å². The van der Waals surface area contributed by atoms with Gasteiger partial charge in [0.2, 0.25) is 17.7 Å². The molecule has 47 heavy (non-hydrogen) atoms. The van der Waals surface area contributed by atoms with Crippen LogP contribution in [0.1, 0.15) is 43.7 Å². The van der Waals surface area contributed by atoms with E-state index >= 15 is 0 Å². The van der Waals surface area contributed by atoms with Gasteiger partial charge in [-0.3, -0.25) is 24.1 Å². The number of hydrogen-bond acceptors (Lipinski definition) is 9. The third-order valence-electron chi connectivity index (χ3n) is 10.0. The molecule has 5 bridgehead atoms. The molecule has 1 aromatic rings. The maximum atomic E-state index is 14.7. The van der Waals surface area contributed by atoms with Crippen LogP contribution in [0.5, 0.6) is 0 Å². The van der Waals surface area contributed by atoms with Crippen molar-refractivity contribution in [2.24, 2.45) is 11.8 Å². The Balaban J connectivity index is 1.34. The Morgan fingerprint density at radius 2 is 1.74 bits per heavy atom. The van der Waals surface area contributed by atoms with Crippen LogP contribution in [0, 0.1) is 11.8 Å². The zero-order valence-electron chi connectivity index (χ0n) is 26.8. The van der Waals surface area contributed by atoms with Crippen LogP contribution in [0.3, 0.4) is 0 Å². The number of allylic oxidation sites excluding steroid dienone is 1. The molecule has 3 saturated heterocycles. The van der Waals surface area contributed by atoms with Gasteiger partial charge in [0.1, 0.15) is 18.2 Å². The fraction of sp³-hybridized carbons (Fsp3) is 0.600. The first-order valence-corrected chi connectivity index (χ1v) is 17.0. The molecule has 0 aromatic heterocycles. The van der Waals surface area contributed by atoms with Crippen LogP contribution in [0.4, 0.5) is 0 Å². The van der Waals surface area contributed by atoms with Crippen LogP contribution in [0.15, 0.2) is 54.6 Å². The van der Waals surface area contributed by atoms with Gasteiger partial charge in [0, 0.05) is 52.3 Å². The molecule has 1 spiro atoms. The van der Waals surface area contributed by atoms with E-state index in [1.54, 1.807) is 9.80 Å². The maximum absolute atomic E-state index is 14.7. The molecule has 5 aliphatic rings. The lowest BCUT2D eigenvalue weighted by Crippen LogP contribution is -2.57. The minimum Gasteiger partial charge on any atom is -0.463 e. The van der Waals surface area contributed by atoms with Crippen molar-refractivity contribution < 1.29 is 38.5 Å². The monoisotopic (exact) mass is 650 g/mol. The molecule has 0 saturated carbocycles. The van der Waals surface area contributed by atoms with Gasteiger partial charge in [0.15, 0.2) is 0 Å². The molecule has 1 aromatic carbocycles. The molecule has 6 rings (SSSR count). The number of aliphatic hydroxyl groups is 1. The number of likely N-dealkylation sites (tertiary alicyclic amines) is 1. The second-order valence-corrected chi connectivity index (χ2v) is 12.9. The zero-order chi connectivity index (χ0) is 32.8. The van der Waals surface area contributed by atoms with Gasteiger partial charge in [-0.05, 0) is 31.2 Å². The molecule has 5 aliphatic heterocycles. The number of nitrogens with one attached hydrogen (secondary N) is 1. The number of nitrogens with zero attached hydrogens (tertiary/aromatic N) is 3. The Labute approximate surface area is 275 Å². The third-order valence-corrected chi connectivity index (χ3v) is 10.0. The molecule has 5 heterocycles. The molecule has 3 amide bonds. The average molecular weight is 651 g/mol. The maximum Gasteiger partial charge on any atom is 0.306 e. The van der Waals surface area contributed by atoms with E-state index in [9.17, 15) is 24.3 Å². The van der Waals surface area contributed by atoms with Crippen LogP contribution >= 0.6 is 0 Å². The number of cyclic esters (lactones) is 1. The van der Waals surface area contributed by atoms with Crippen molar-refractivity contribution in [3.05, 3.63) is 60.2 Å². The fourth-order valence-corrected chi connectivity index (χ4v) is 7.55. The molecule has 254 valence electrons. The minimum absolute atomic E-state index is 0.0520. The number of aliphatic hydroxyl groups excluding tert-OH is 1. The van der Waals surface area contributed by atoms with Gasteiger partial charge in [0.05, 0.1) is 37.2 Å². The number of unbranched alkanes of at least 4 members (excludes halogenated alkanes) is 2. The lowest BCUT2D eigenvalue weighted by atomic mass is 9.74. The van der Waals surface area contributed by atoms with Crippen molar-refractivity contribution in [2.45, 2.75) is 55.9 Å². The lowest BCUT2D eigenvalue weighted by Gasteiger charge is -2.37. The second-order valence-electron chi connectivity index (χ2n) is 12.9. The van der Waals surface area contributed by atoms with E-state index in [4.69, 9.17) is 14.2 Å². The summed E-state index contributed by atoms with van der Waals surface area (Å²) in [5.41, 5.74) is -0.505. The summed E-state index contributed by atoms with van der Waals surface area (Å²) < 4.78 is 17.7. The van der Waals surface area contributed by atoms with Gasteiger partial charge in [-0.1, -0.05) is 54.6 Å². The highest BCUT2D eigenvalue weighted by Gasteiger charge is 2.73. The van der Waals surface area contributed by atoms with E-state index in [2.05, 4.69) is 10.2 Å². The van der Waals surface area contributed by atoms with Gasteiger partial charge in [0.25, 0.3) is 0 Å². The van der Waals surface area contributed by atoms with Crippen LogP contribution in [-0.4, -0.2) is 127 Å². The quantitative estimate of drug-likeness (QED) is 0.230. The highest BCUT2D eigenvalue weighted by molar-refractivity contribution is 6.00. The smallest absolute Gasteiger partial charge is 0.306 e. The molecule has 12 heteroatoms. The van der Waals surface area contributed by atoms with Crippen LogP contribution in [0.25, 0.3) is 0 Å². The number of amides is 3. The normalized spacial score (nSPS) is 32.4. The number of esters is 1. The van der Waals surface area contributed by atoms with Crippen molar-refractivity contribution in [1.82, 2.24) is 20.0 Å². The van der Waals surface area contributed by atoms with Gasteiger partial charge >= 0.3 is 5.97 Å². The highest BCUT2D eigenvalue weighted by atomic mass is 16.5. The first-order valence-electron chi connectivity index (χ1n) is 17.0. The SMILES string of the molecule is O=C1CC/C=C\CN(CCN2CCOCC2)C(=O)[C@H]2N(CCCCCO)C(=O)[C@@H]3[C@@H](C(=O)N[C@@H](c4ccccc4)CO1)[C@H]1C=C[C@]32O1. The highest BCUT2D eigenvalue weighted by Crippen LogP contribution is 2.55. The number of morpholine rings is 1. The Kier molecular flexibility index (Phi) is 10.7. The first kappa shape index (κ1) is 33.3. The van der Waals surface area contributed by atoms with Crippen molar-refractivity contribution in [3.8, 4) is 0 Å². The number of benzene rings is 1. The van der Waals surface area contributed by atoms with Gasteiger partial charge < -0.3 is 34.4 Å². The van der Waals surface area contributed by atoms with Crippen LogP contribution < -0.4 is 5.32 Å². The number of carbonyl (C=O) groups excluding carboxylic acids is 4. The molecule has 2 N–H and O–H groups in total. The van der Waals surface area contributed by atoms with Crippen LogP contribution in [0.2, 0.25) is 0 Å². The first-order chi connectivity index (χ1) is 22.9. The van der Waals surface area contributed by atoms with Gasteiger partial charge in [-0.25, -0.2) is 0 Å². The molecule has 0 radical (unpaired) electrons. The van der Waals surface area contributed by atoms with Gasteiger partial charge in [-0.15, -0.1) is 0 Å². The van der Waals surface area contributed by atoms with E-state index in [0.29, 0.717) is 65.1 Å². The molecule has 0 aliphatic carbocycles. The van der Waals surface area contributed by atoms with E-state index < -0.39 is 35.6 Å². The number of fused-ring (bicyclic) bond motifs is 2. The number of rotatable bonds is 9. The predicted molar refractivity (Wildman–Crippen MR) is 171 cm³/mol. The Bertz CT molecular complexity index is 1350. The van der Waals surface area contributed by atoms with Crippen molar-refractivity contribution in [3.63, 3.8) is 0 Å². The number of ether oxygens (including phenoxy) is 3. The number of hydrogen-bond donors (Lipinski definition) is 2. The third kappa shape index (κ3) is 7.01. The summed E-state index contributed by atoms with van der Waals surface area (Å²) in [6.45, 7) is 4.54. The summed E-state index contributed by atoms with van der Waals surface area (Å²) in [7, 11) is 0. The fourth-order valence-electron chi connectivity index (χ4n) is 7.55. The summed E-state index contributed by atoms with van der Waals surface area (Å²) in [6.07, 6.45) is 9.26. The van der Waals surface area contributed by atoms with Crippen molar-refractivity contribution in [2.75, 3.05) is 65.7 Å². The zero-order valence-corrected chi connectivity index (χ0v) is 26.8. The number of carbonyl (C=O) groups is 4. The summed E-state index contributed by atoms with van der Waals surface area (Å²) >= 11 is 0. The van der Waals surface area contributed by atoms with Crippen LogP contribution in [-0.2, 0) is 33.4 Å². The molecule has 3 fully saturated rings. The second kappa shape index (κ2) is 15.1. The molecule has 6 atom stereocenters. The predicted octanol–water partition coefficient (Wildman–Crippen LogP) is 1.21. The standard InChI is InChI=1S/C35H46N4O8/c40-21-9-3-8-16-39-31-34(44)38(18-17-37-19-22-45-23-20-37)15-7-2-6-12-28(41)46-24-26(25-10-4-1-5-11-25)36-32(42)29-27-13-14-35(31,47-27)30(29)33(39)43/h1-2,4-5,7,10-11,13-14,26-27,29-31,40H,3,6,8-9,12,15-24H2,(H,36,42)/b7-2-/t26-,27-,29+,30+,31-,35+/m1/s1. The van der Waals surface area contributed by atoms with E-state index in [-0.39, 0.29) is 43.3 Å². The van der Waals surface area contributed by atoms with Gasteiger partial charge in [-0.2, -0.15) is 0 Å². The lowest BCUT2D eigenvalue weighted by molar-refractivity contribution is -0.148. The molecule has 0 unspecified atom stereocenters. The summed E-state index contributed by atoms with van der Waals surface area (Å²) in [5, 5.41) is 12.4. The van der Waals surface area contributed by atoms with E-state index in [1.807, 2.05) is 54.6 Å². The topological polar surface area (TPSA) is 138 Å². The largest absolute Gasteiger partial charge is 0.463 e. The van der Waals surface area contributed by atoms with E-state index in [0.717, 1.165) is 18.7 Å². The van der Waals surface area contributed by atoms with Crippen molar-refractivity contribution >= 4 is 23.7 Å². The molecular weight excluding hydrogens is 604 g/mol. The Morgan fingerprint density at radius 1 is 0.936 bits per heavy atom. The average Bonchev–Trinajstić information content (AvgIpc) is 3.73. The Hall–Kier alpha value is -3.58. The summed E-state index contributed by atoms with van der Waals surface area (Å²) in [6, 6.07) is 7.73.